The molecular weight excluding hydrogens is 457 g/mol. The number of ether oxygens (including phenoxy) is 1. The molecule has 33 heavy (non-hydrogen) atoms. The number of methoxy groups -OCH3 is 1. The SMILES string of the molecule is COc1ccc([C@H]2C[C@H](C(F)(F)F)n3nc(C(=O)NCCc4ccccc4)c(Cl)c3N2)cc1. The number of anilines is 1. The van der Waals surface area contributed by atoms with Gasteiger partial charge >= 0.3 is 6.18 Å². The van der Waals surface area contributed by atoms with Crippen molar-refractivity contribution in [3.63, 3.8) is 0 Å². The Morgan fingerprint density at radius 2 is 1.91 bits per heavy atom. The molecule has 0 radical (unpaired) electrons. The molecule has 0 aliphatic carbocycles. The van der Waals surface area contributed by atoms with Gasteiger partial charge in [-0.1, -0.05) is 54.1 Å². The zero-order chi connectivity index (χ0) is 23.6. The van der Waals surface area contributed by atoms with Crippen molar-refractivity contribution in [1.29, 1.82) is 0 Å². The zero-order valence-electron chi connectivity index (χ0n) is 17.7. The van der Waals surface area contributed by atoms with Crippen LogP contribution in [0.1, 0.15) is 40.1 Å². The third-order valence-corrected chi connectivity index (χ3v) is 5.93. The number of hydrogen-bond donors (Lipinski definition) is 2. The lowest BCUT2D eigenvalue weighted by Gasteiger charge is -2.33. The summed E-state index contributed by atoms with van der Waals surface area (Å²) in [5.74, 6) is -0.0553. The molecular formula is C23H22ClF3N4O2. The summed E-state index contributed by atoms with van der Waals surface area (Å²) in [4.78, 5) is 12.7. The molecule has 3 aromatic rings. The van der Waals surface area contributed by atoms with Crippen molar-refractivity contribution >= 4 is 23.3 Å². The standard InChI is InChI=1S/C23H22ClF3N4O2/c1-33-16-9-7-15(8-10-16)17-13-18(23(25,26)27)31-21(29-17)19(24)20(30-31)22(32)28-12-11-14-5-3-2-4-6-14/h2-10,17-18,29H,11-13H2,1H3,(H,28,32)/t17-,18-/m1/s1. The molecule has 10 heteroatoms. The van der Waals surface area contributed by atoms with Crippen LogP contribution < -0.4 is 15.4 Å². The van der Waals surface area contributed by atoms with Gasteiger partial charge in [-0.05, 0) is 29.7 Å². The van der Waals surface area contributed by atoms with Crippen LogP contribution in [0.3, 0.4) is 0 Å². The summed E-state index contributed by atoms with van der Waals surface area (Å²) in [5, 5.41) is 9.52. The summed E-state index contributed by atoms with van der Waals surface area (Å²) in [7, 11) is 1.51. The fourth-order valence-electron chi connectivity index (χ4n) is 3.84. The van der Waals surface area contributed by atoms with Gasteiger partial charge in [-0.2, -0.15) is 18.3 Å². The topological polar surface area (TPSA) is 68.2 Å². The molecule has 0 saturated carbocycles. The number of carbonyl (C=O) groups is 1. The summed E-state index contributed by atoms with van der Waals surface area (Å²) in [6.07, 6.45) is -4.30. The first-order chi connectivity index (χ1) is 15.8. The van der Waals surface area contributed by atoms with Gasteiger partial charge in [0.2, 0.25) is 0 Å². The van der Waals surface area contributed by atoms with E-state index in [0.717, 1.165) is 10.2 Å². The molecule has 2 N–H and O–H groups in total. The van der Waals surface area contributed by atoms with Gasteiger partial charge in [-0.15, -0.1) is 0 Å². The normalized spacial score (nSPS) is 17.7. The Hall–Kier alpha value is -3.20. The molecule has 2 atom stereocenters. The molecule has 6 nitrogen and oxygen atoms in total. The number of nitrogens with one attached hydrogen (secondary N) is 2. The van der Waals surface area contributed by atoms with Crippen molar-refractivity contribution in [2.45, 2.75) is 31.1 Å². The minimum Gasteiger partial charge on any atom is -0.497 e. The maximum absolute atomic E-state index is 13.9. The Balaban J connectivity index is 1.57. The lowest BCUT2D eigenvalue weighted by molar-refractivity contribution is -0.173. The van der Waals surface area contributed by atoms with Gasteiger partial charge in [0.1, 0.15) is 16.6 Å². The highest BCUT2D eigenvalue weighted by molar-refractivity contribution is 6.36. The van der Waals surface area contributed by atoms with Crippen LogP contribution in [0, 0.1) is 0 Å². The highest BCUT2D eigenvalue weighted by Gasteiger charge is 2.47. The third-order valence-electron chi connectivity index (χ3n) is 5.57. The van der Waals surface area contributed by atoms with Gasteiger partial charge in [-0.3, -0.25) is 4.79 Å². The summed E-state index contributed by atoms with van der Waals surface area (Å²) >= 11 is 6.35. The van der Waals surface area contributed by atoms with Gasteiger partial charge in [0.05, 0.1) is 13.2 Å². The molecule has 0 bridgehead atoms. The van der Waals surface area contributed by atoms with Crippen LogP contribution in [-0.4, -0.2) is 35.5 Å². The second kappa shape index (κ2) is 9.35. The van der Waals surface area contributed by atoms with E-state index in [9.17, 15) is 18.0 Å². The van der Waals surface area contributed by atoms with Gasteiger partial charge < -0.3 is 15.4 Å². The van der Waals surface area contributed by atoms with Gasteiger partial charge in [0, 0.05) is 13.0 Å². The Morgan fingerprint density at radius 1 is 1.21 bits per heavy atom. The number of fused-ring (bicyclic) bond motifs is 1. The molecule has 1 aliphatic heterocycles. The number of nitrogens with zero attached hydrogens (tertiary/aromatic N) is 2. The Kier molecular flexibility index (Phi) is 6.51. The lowest BCUT2D eigenvalue weighted by Crippen LogP contribution is -2.36. The van der Waals surface area contributed by atoms with Crippen LogP contribution in [0.4, 0.5) is 19.0 Å². The first-order valence-corrected chi connectivity index (χ1v) is 10.7. The van der Waals surface area contributed by atoms with Crippen LogP contribution in [0.15, 0.2) is 54.6 Å². The van der Waals surface area contributed by atoms with Crippen LogP contribution in [0.2, 0.25) is 5.02 Å². The largest absolute Gasteiger partial charge is 0.497 e. The molecule has 2 aromatic carbocycles. The highest BCUT2D eigenvalue weighted by atomic mass is 35.5. The summed E-state index contributed by atoms with van der Waals surface area (Å²) in [5.41, 5.74) is 1.42. The minimum absolute atomic E-state index is 0.0285. The maximum Gasteiger partial charge on any atom is 0.410 e. The second-order valence-electron chi connectivity index (χ2n) is 7.71. The van der Waals surface area contributed by atoms with Crippen molar-refractivity contribution < 1.29 is 22.7 Å². The monoisotopic (exact) mass is 478 g/mol. The van der Waals surface area contributed by atoms with Gasteiger partial charge in [-0.25, -0.2) is 4.68 Å². The fraction of sp³-hybridized carbons (Fsp3) is 0.304. The molecule has 1 aliphatic rings. The Morgan fingerprint density at radius 3 is 2.55 bits per heavy atom. The number of aromatic nitrogens is 2. The summed E-state index contributed by atoms with van der Waals surface area (Å²) in [6, 6.07) is 13.7. The smallest absolute Gasteiger partial charge is 0.410 e. The Bertz CT molecular complexity index is 1120. The van der Waals surface area contributed by atoms with E-state index in [2.05, 4.69) is 15.7 Å². The number of alkyl halides is 3. The summed E-state index contributed by atoms with van der Waals surface area (Å²) in [6.45, 7) is 0.298. The third kappa shape index (κ3) is 4.93. The van der Waals surface area contributed by atoms with Crippen molar-refractivity contribution in [2.75, 3.05) is 19.0 Å². The fourth-order valence-corrected chi connectivity index (χ4v) is 4.10. The van der Waals surface area contributed by atoms with E-state index in [1.165, 1.54) is 7.11 Å². The molecule has 0 saturated heterocycles. The van der Waals surface area contributed by atoms with E-state index in [1.54, 1.807) is 24.3 Å². The van der Waals surface area contributed by atoms with Crippen molar-refractivity contribution in [1.82, 2.24) is 15.1 Å². The van der Waals surface area contributed by atoms with E-state index in [-0.39, 0.29) is 23.0 Å². The van der Waals surface area contributed by atoms with E-state index >= 15 is 0 Å². The first-order valence-electron chi connectivity index (χ1n) is 10.3. The average Bonchev–Trinajstić information content (AvgIpc) is 3.15. The van der Waals surface area contributed by atoms with E-state index < -0.39 is 24.2 Å². The molecule has 174 valence electrons. The molecule has 1 aromatic heterocycles. The molecule has 0 unspecified atom stereocenters. The highest BCUT2D eigenvalue weighted by Crippen LogP contribution is 2.46. The first kappa shape index (κ1) is 23.0. The average molecular weight is 479 g/mol. The van der Waals surface area contributed by atoms with Gasteiger partial charge in [0.15, 0.2) is 11.7 Å². The van der Waals surface area contributed by atoms with E-state index in [4.69, 9.17) is 16.3 Å². The van der Waals surface area contributed by atoms with Crippen LogP contribution in [0.25, 0.3) is 0 Å². The van der Waals surface area contributed by atoms with E-state index in [1.807, 2.05) is 30.3 Å². The van der Waals surface area contributed by atoms with Crippen molar-refractivity contribution in [2.24, 2.45) is 0 Å². The number of rotatable bonds is 6. The number of amides is 1. The second-order valence-corrected chi connectivity index (χ2v) is 8.09. The summed E-state index contributed by atoms with van der Waals surface area (Å²) < 4.78 is 47.6. The zero-order valence-corrected chi connectivity index (χ0v) is 18.5. The van der Waals surface area contributed by atoms with E-state index in [0.29, 0.717) is 24.3 Å². The number of hydrogen-bond acceptors (Lipinski definition) is 4. The number of carbonyl (C=O) groups excluding carboxylic acids is 1. The molecule has 1 amide bonds. The van der Waals surface area contributed by atoms with Crippen molar-refractivity contribution in [3.8, 4) is 5.75 Å². The quantitative estimate of drug-likeness (QED) is 0.512. The molecule has 4 rings (SSSR count). The maximum atomic E-state index is 13.9. The number of halogens is 4. The van der Waals surface area contributed by atoms with Gasteiger partial charge in [0.25, 0.3) is 5.91 Å². The van der Waals surface area contributed by atoms with Crippen LogP contribution in [0.5, 0.6) is 5.75 Å². The predicted octanol–water partition coefficient (Wildman–Crippen LogP) is 5.18. The predicted molar refractivity (Wildman–Crippen MR) is 119 cm³/mol. The Labute approximate surface area is 193 Å². The molecule has 2 heterocycles. The van der Waals surface area contributed by atoms with Crippen LogP contribution in [-0.2, 0) is 6.42 Å². The van der Waals surface area contributed by atoms with Crippen molar-refractivity contribution in [3.05, 3.63) is 76.4 Å². The number of benzene rings is 2. The lowest BCUT2D eigenvalue weighted by atomic mass is 9.97. The minimum atomic E-state index is -4.57. The molecule has 0 fully saturated rings. The molecule has 0 spiro atoms. The van der Waals surface area contributed by atoms with Crippen LogP contribution >= 0.6 is 11.6 Å².